The van der Waals surface area contributed by atoms with Crippen molar-refractivity contribution in [3.05, 3.63) is 5.28 Å². The summed E-state index contributed by atoms with van der Waals surface area (Å²) in [5.41, 5.74) is 0. The number of rotatable bonds is 6. The Kier molecular flexibility index (Phi) is 5.12. The molecule has 0 aromatic carbocycles. The quantitative estimate of drug-likeness (QED) is 0.787. The van der Waals surface area contributed by atoms with E-state index in [9.17, 15) is 0 Å². The third-order valence-electron chi connectivity index (χ3n) is 2.94. The molecule has 0 spiro atoms. The smallest absolute Gasteiger partial charge is 0.231 e. The fraction of sp³-hybridized carbons (Fsp3) is 0.727. The minimum Gasteiger partial charge on any atom is -0.354 e. The van der Waals surface area contributed by atoms with Crippen molar-refractivity contribution in [2.45, 2.75) is 19.1 Å². The van der Waals surface area contributed by atoms with Gasteiger partial charge >= 0.3 is 0 Å². The standard InChI is InChI=1S/C11H18ClN5O2/c1-18-8(19-2)7-13-10-14-9(12)15-11(16-10)17-5-3-4-6-17/h8H,3-7H2,1-2H3,(H,13,14,15,16). The van der Waals surface area contributed by atoms with E-state index in [4.69, 9.17) is 21.1 Å². The van der Waals surface area contributed by atoms with Gasteiger partial charge in [-0.2, -0.15) is 15.0 Å². The summed E-state index contributed by atoms with van der Waals surface area (Å²) in [6.07, 6.45) is 1.95. The van der Waals surface area contributed by atoms with Crippen molar-refractivity contribution in [3.63, 3.8) is 0 Å². The minimum atomic E-state index is -0.356. The highest BCUT2D eigenvalue weighted by atomic mass is 35.5. The van der Waals surface area contributed by atoms with E-state index in [1.165, 1.54) is 0 Å². The van der Waals surface area contributed by atoms with Gasteiger partial charge in [-0.25, -0.2) is 0 Å². The van der Waals surface area contributed by atoms with E-state index in [2.05, 4.69) is 25.2 Å². The number of nitrogens with zero attached hydrogens (tertiary/aromatic N) is 4. The number of aromatic nitrogens is 3. The largest absolute Gasteiger partial charge is 0.354 e. The second-order valence-corrected chi connectivity index (χ2v) is 4.54. The van der Waals surface area contributed by atoms with Gasteiger partial charge in [-0.05, 0) is 24.4 Å². The number of nitrogens with one attached hydrogen (secondary N) is 1. The summed E-state index contributed by atoms with van der Waals surface area (Å²) in [5.74, 6) is 1.05. The Labute approximate surface area is 117 Å². The van der Waals surface area contributed by atoms with Crippen LogP contribution in [0.15, 0.2) is 0 Å². The van der Waals surface area contributed by atoms with Crippen molar-refractivity contribution in [1.82, 2.24) is 15.0 Å². The molecule has 1 aromatic rings. The molecule has 2 rings (SSSR count). The summed E-state index contributed by atoms with van der Waals surface area (Å²) in [6.45, 7) is 2.35. The van der Waals surface area contributed by atoms with Crippen LogP contribution in [0.1, 0.15) is 12.8 Å². The molecule has 0 unspecified atom stereocenters. The number of methoxy groups -OCH3 is 2. The van der Waals surface area contributed by atoms with Gasteiger partial charge in [0.05, 0.1) is 6.54 Å². The predicted molar refractivity (Wildman–Crippen MR) is 72.6 cm³/mol. The van der Waals surface area contributed by atoms with E-state index in [0.717, 1.165) is 25.9 Å². The second-order valence-electron chi connectivity index (χ2n) is 4.20. The number of hydrogen-bond donors (Lipinski definition) is 1. The molecule has 2 heterocycles. The average Bonchev–Trinajstić information content (AvgIpc) is 2.93. The molecule has 0 radical (unpaired) electrons. The highest BCUT2D eigenvalue weighted by Gasteiger charge is 2.17. The van der Waals surface area contributed by atoms with Crippen molar-refractivity contribution in [2.24, 2.45) is 0 Å². The van der Waals surface area contributed by atoms with Crippen molar-refractivity contribution >= 4 is 23.5 Å². The molecule has 1 aromatic heterocycles. The highest BCUT2D eigenvalue weighted by molar-refractivity contribution is 6.28. The SMILES string of the molecule is COC(CNc1nc(Cl)nc(N2CCCC2)n1)OC. The fourth-order valence-corrected chi connectivity index (χ4v) is 2.07. The lowest BCUT2D eigenvalue weighted by molar-refractivity contribution is -0.0914. The van der Waals surface area contributed by atoms with Crippen LogP contribution < -0.4 is 10.2 Å². The van der Waals surface area contributed by atoms with Gasteiger partial charge in [0, 0.05) is 27.3 Å². The molecule has 0 atom stereocenters. The number of anilines is 2. The van der Waals surface area contributed by atoms with Crippen LogP contribution >= 0.6 is 11.6 Å². The Morgan fingerprint density at radius 2 is 1.89 bits per heavy atom. The summed E-state index contributed by atoms with van der Waals surface area (Å²) in [6, 6.07) is 0. The highest BCUT2D eigenvalue weighted by Crippen LogP contribution is 2.18. The van der Waals surface area contributed by atoms with Crippen LogP contribution in [0.5, 0.6) is 0 Å². The fourth-order valence-electron chi connectivity index (χ4n) is 1.91. The van der Waals surface area contributed by atoms with Gasteiger partial charge in [0.15, 0.2) is 6.29 Å². The third kappa shape index (κ3) is 3.89. The molecule has 8 heteroatoms. The van der Waals surface area contributed by atoms with Crippen LogP contribution in [0, 0.1) is 0 Å². The summed E-state index contributed by atoms with van der Waals surface area (Å²) >= 11 is 5.92. The molecule has 19 heavy (non-hydrogen) atoms. The molecule has 1 fully saturated rings. The monoisotopic (exact) mass is 287 g/mol. The Morgan fingerprint density at radius 3 is 2.53 bits per heavy atom. The number of ether oxygens (including phenoxy) is 2. The van der Waals surface area contributed by atoms with E-state index in [0.29, 0.717) is 18.4 Å². The first-order valence-corrected chi connectivity index (χ1v) is 6.56. The molecular formula is C11H18ClN5O2. The first-order chi connectivity index (χ1) is 9.22. The van der Waals surface area contributed by atoms with Crippen molar-refractivity contribution < 1.29 is 9.47 Å². The van der Waals surface area contributed by atoms with E-state index >= 15 is 0 Å². The van der Waals surface area contributed by atoms with Gasteiger partial charge in [-0.3, -0.25) is 0 Å². The van der Waals surface area contributed by atoms with Gasteiger partial charge in [0.25, 0.3) is 0 Å². The van der Waals surface area contributed by atoms with Gasteiger partial charge < -0.3 is 19.7 Å². The molecule has 1 saturated heterocycles. The lowest BCUT2D eigenvalue weighted by atomic mass is 10.4. The molecule has 0 amide bonds. The van der Waals surface area contributed by atoms with Gasteiger partial charge in [-0.1, -0.05) is 0 Å². The van der Waals surface area contributed by atoms with Gasteiger partial charge in [0.2, 0.25) is 17.2 Å². The zero-order valence-electron chi connectivity index (χ0n) is 11.1. The summed E-state index contributed by atoms with van der Waals surface area (Å²) in [4.78, 5) is 14.6. The summed E-state index contributed by atoms with van der Waals surface area (Å²) in [7, 11) is 3.15. The maximum Gasteiger partial charge on any atom is 0.231 e. The molecule has 1 aliphatic rings. The Balaban J connectivity index is 2.03. The Bertz CT molecular complexity index is 410. The van der Waals surface area contributed by atoms with Crippen molar-refractivity contribution in [2.75, 3.05) is 44.1 Å². The zero-order chi connectivity index (χ0) is 13.7. The minimum absolute atomic E-state index is 0.186. The molecule has 1 aliphatic heterocycles. The first-order valence-electron chi connectivity index (χ1n) is 6.19. The Morgan fingerprint density at radius 1 is 1.21 bits per heavy atom. The van der Waals surface area contributed by atoms with Crippen LogP contribution in [0.3, 0.4) is 0 Å². The topological polar surface area (TPSA) is 72.4 Å². The van der Waals surface area contributed by atoms with E-state index in [-0.39, 0.29) is 11.6 Å². The second kappa shape index (κ2) is 6.83. The first kappa shape index (κ1) is 14.2. The lowest BCUT2D eigenvalue weighted by Gasteiger charge is -2.17. The van der Waals surface area contributed by atoms with Gasteiger partial charge in [0.1, 0.15) is 0 Å². The lowest BCUT2D eigenvalue weighted by Crippen LogP contribution is -2.26. The molecule has 0 bridgehead atoms. The molecule has 1 N–H and O–H groups in total. The summed E-state index contributed by atoms with van der Waals surface area (Å²) < 4.78 is 10.2. The zero-order valence-corrected chi connectivity index (χ0v) is 11.9. The van der Waals surface area contributed by atoms with Crippen LogP contribution in [-0.4, -0.2) is 55.1 Å². The van der Waals surface area contributed by atoms with Gasteiger partial charge in [-0.15, -0.1) is 0 Å². The van der Waals surface area contributed by atoms with E-state index in [1.54, 1.807) is 14.2 Å². The number of hydrogen-bond acceptors (Lipinski definition) is 7. The van der Waals surface area contributed by atoms with Crippen LogP contribution in [-0.2, 0) is 9.47 Å². The van der Waals surface area contributed by atoms with E-state index < -0.39 is 0 Å². The molecule has 0 aliphatic carbocycles. The van der Waals surface area contributed by atoms with Crippen LogP contribution in [0.25, 0.3) is 0 Å². The summed E-state index contributed by atoms with van der Waals surface area (Å²) in [5, 5.41) is 3.21. The maximum absolute atomic E-state index is 5.92. The molecular weight excluding hydrogens is 270 g/mol. The van der Waals surface area contributed by atoms with Crippen molar-refractivity contribution in [3.8, 4) is 0 Å². The predicted octanol–water partition coefficient (Wildman–Crippen LogP) is 1.16. The average molecular weight is 288 g/mol. The van der Waals surface area contributed by atoms with Crippen LogP contribution in [0.4, 0.5) is 11.9 Å². The maximum atomic E-state index is 5.92. The van der Waals surface area contributed by atoms with Crippen LogP contribution in [0.2, 0.25) is 5.28 Å². The normalized spacial score (nSPS) is 15.3. The molecule has 106 valence electrons. The van der Waals surface area contributed by atoms with E-state index in [1.807, 2.05) is 0 Å². The Hall–Kier alpha value is -1.18. The number of halogens is 1. The third-order valence-corrected chi connectivity index (χ3v) is 3.11. The molecule has 0 saturated carbocycles. The molecule has 7 nitrogen and oxygen atoms in total. The van der Waals surface area contributed by atoms with Crippen molar-refractivity contribution in [1.29, 1.82) is 0 Å².